The summed E-state index contributed by atoms with van der Waals surface area (Å²) in [6.45, 7) is 1.98. The average Bonchev–Trinajstić information content (AvgIpc) is 2.99. The number of aromatic nitrogens is 1. The Balaban J connectivity index is 1.83. The maximum atomic E-state index is 11.7. The highest BCUT2D eigenvalue weighted by molar-refractivity contribution is 5.72. The van der Waals surface area contributed by atoms with E-state index in [2.05, 4.69) is 9.88 Å². The third kappa shape index (κ3) is 3.35. The van der Waals surface area contributed by atoms with Crippen LogP contribution in [0.1, 0.15) is 17.0 Å². The average molecular weight is 312 g/mol. The highest BCUT2D eigenvalue weighted by Crippen LogP contribution is 2.38. The van der Waals surface area contributed by atoms with Gasteiger partial charge in [-0.15, -0.1) is 0 Å². The molecule has 0 aliphatic carbocycles. The van der Waals surface area contributed by atoms with Gasteiger partial charge in [-0.1, -0.05) is 18.2 Å². The SMILES string of the molecule is COc1ccccc1[C@@H]1CN(Cc2ccncc2)C[C@H]1C(=O)O. The van der Waals surface area contributed by atoms with Crippen molar-refractivity contribution in [2.75, 3.05) is 20.2 Å². The van der Waals surface area contributed by atoms with Crippen molar-refractivity contribution in [1.29, 1.82) is 0 Å². The van der Waals surface area contributed by atoms with Gasteiger partial charge in [0.15, 0.2) is 0 Å². The maximum Gasteiger partial charge on any atom is 0.308 e. The van der Waals surface area contributed by atoms with E-state index in [1.165, 1.54) is 0 Å². The number of hydrogen-bond donors (Lipinski definition) is 1. The summed E-state index contributed by atoms with van der Waals surface area (Å²) in [5, 5.41) is 9.61. The van der Waals surface area contributed by atoms with Gasteiger partial charge < -0.3 is 9.84 Å². The highest BCUT2D eigenvalue weighted by Gasteiger charge is 2.39. The van der Waals surface area contributed by atoms with Gasteiger partial charge in [-0.3, -0.25) is 14.7 Å². The zero-order chi connectivity index (χ0) is 16.2. The van der Waals surface area contributed by atoms with Crippen molar-refractivity contribution in [3.05, 3.63) is 59.9 Å². The first-order valence-electron chi connectivity index (χ1n) is 7.66. The summed E-state index contributed by atoms with van der Waals surface area (Å²) in [6, 6.07) is 11.6. The van der Waals surface area contributed by atoms with Gasteiger partial charge in [0, 0.05) is 37.9 Å². The number of pyridine rings is 1. The van der Waals surface area contributed by atoms with Gasteiger partial charge in [0.25, 0.3) is 0 Å². The molecule has 120 valence electrons. The molecule has 5 nitrogen and oxygen atoms in total. The van der Waals surface area contributed by atoms with Crippen molar-refractivity contribution in [2.45, 2.75) is 12.5 Å². The molecule has 1 N–H and O–H groups in total. The molecule has 1 aromatic heterocycles. The minimum atomic E-state index is -0.752. The van der Waals surface area contributed by atoms with E-state index in [-0.39, 0.29) is 5.92 Å². The topological polar surface area (TPSA) is 62.7 Å². The van der Waals surface area contributed by atoms with Gasteiger partial charge in [0.1, 0.15) is 5.75 Å². The van der Waals surface area contributed by atoms with Crippen LogP contribution in [0.3, 0.4) is 0 Å². The van der Waals surface area contributed by atoms with Crippen LogP contribution in [0, 0.1) is 5.92 Å². The van der Waals surface area contributed by atoms with Crippen molar-refractivity contribution in [1.82, 2.24) is 9.88 Å². The van der Waals surface area contributed by atoms with E-state index in [1.807, 2.05) is 36.4 Å². The molecular formula is C18H20N2O3. The molecule has 1 fully saturated rings. The van der Waals surface area contributed by atoms with Crippen molar-refractivity contribution in [3.63, 3.8) is 0 Å². The molecule has 0 unspecified atom stereocenters. The lowest BCUT2D eigenvalue weighted by Gasteiger charge is -2.18. The number of carboxylic acid groups (broad SMARTS) is 1. The molecule has 0 spiro atoms. The van der Waals surface area contributed by atoms with Crippen molar-refractivity contribution in [3.8, 4) is 5.75 Å². The second kappa shape index (κ2) is 6.79. The second-order valence-corrected chi connectivity index (χ2v) is 5.84. The zero-order valence-corrected chi connectivity index (χ0v) is 13.1. The number of methoxy groups -OCH3 is 1. The van der Waals surface area contributed by atoms with Crippen LogP contribution in [0.2, 0.25) is 0 Å². The lowest BCUT2D eigenvalue weighted by molar-refractivity contribution is -0.141. The maximum absolute atomic E-state index is 11.7. The number of hydrogen-bond acceptors (Lipinski definition) is 4. The number of benzene rings is 1. The van der Waals surface area contributed by atoms with Gasteiger partial charge in [0.2, 0.25) is 0 Å². The monoisotopic (exact) mass is 312 g/mol. The van der Waals surface area contributed by atoms with Gasteiger partial charge in [-0.25, -0.2) is 0 Å². The molecule has 0 saturated carbocycles. The number of aliphatic carboxylic acids is 1. The van der Waals surface area contributed by atoms with Crippen LogP contribution in [0.25, 0.3) is 0 Å². The Labute approximate surface area is 135 Å². The van der Waals surface area contributed by atoms with Crippen LogP contribution in [-0.4, -0.2) is 41.2 Å². The molecule has 2 atom stereocenters. The number of rotatable bonds is 5. The molecular weight excluding hydrogens is 292 g/mol. The highest BCUT2D eigenvalue weighted by atomic mass is 16.5. The standard InChI is InChI=1S/C18H20N2O3/c1-23-17-5-3-2-4-14(17)15-11-20(12-16(15)18(21)22)10-13-6-8-19-9-7-13/h2-9,15-16H,10-12H2,1H3,(H,21,22)/t15-,16+/m0/s1. The van der Waals surface area contributed by atoms with Crippen LogP contribution >= 0.6 is 0 Å². The van der Waals surface area contributed by atoms with Gasteiger partial charge in [0.05, 0.1) is 13.0 Å². The Morgan fingerprint density at radius 1 is 1.26 bits per heavy atom. The lowest BCUT2D eigenvalue weighted by Crippen LogP contribution is -2.23. The molecule has 1 aromatic carbocycles. The van der Waals surface area contributed by atoms with E-state index in [0.29, 0.717) is 13.1 Å². The molecule has 1 saturated heterocycles. The Bertz CT molecular complexity index is 675. The Morgan fingerprint density at radius 2 is 2.00 bits per heavy atom. The fourth-order valence-electron chi connectivity index (χ4n) is 3.30. The first-order chi connectivity index (χ1) is 11.2. The van der Waals surface area contributed by atoms with E-state index in [9.17, 15) is 9.90 Å². The normalized spacial score (nSPS) is 21.3. The summed E-state index contributed by atoms with van der Waals surface area (Å²) >= 11 is 0. The quantitative estimate of drug-likeness (QED) is 0.918. The minimum absolute atomic E-state index is 0.0644. The predicted molar refractivity (Wildman–Crippen MR) is 86.4 cm³/mol. The fraction of sp³-hybridized carbons (Fsp3) is 0.333. The lowest BCUT2D eigenvalue weighted by atomic mass is 9.88. The molecule has 0 bridgehead atoms. The van der Waals surface area contributed by atoms with E-state index >= 15 is 0 Å². The first kappa shape index (κ1) is 15.5. The molecule has 3 rings (SSSR count). The van der Waals surface area contributed by atoms with Crippen LogP contribution in [0.5, 0.6) is 5.75 Å². The smallest absolute Gasteiger partial charge is 0.308 e. The molecule has 23 heavy (non-hydrogen) atoms. The van der Waals surface area contributed by atoms with E-state index in [1.54, 1.807) is 19.5 Å². The Hall–Kier alpha value is -2.40. The van der Waals surface area contributed by atoms with Crippen molar-refractivity contribution >= 4 is 5.97 Å². The number of ether oxygens (including phenoxy) is 1. The number of nitrogens with zero attached hydrogens (tertiary/aromatic N) is 2. The van der Waals surface area contributed by atoms with Crippen LogP contribution in [0.4, 0.5) is 0 Å². The van der Waals surface area contributed by atoms with Crippen molar-refractivity contribution < 1.29 is 14.6 Å². The third-order valence-electron chi connectivity index (χ3n) is 4.41. The summed E-state index contributed by atoms with van der Waals surface area (Å²) in [5.74, 6) is -0.480. The van der Waals surface area contributed by atoms with E-state index < -0.39 is 11.9 Å². The van der Waals surface area contributed by atoms with Gasteiger partial charge in [-0.05, 0) is 29.3 Å². The van der Waals surface area contributed by atoms with Crippen molar-refractivity contribution in [2.24, 2.45) is 5.92 Å². The molecule has 1 aliphatic heterocycles. The molecule has 0 amide bonds. The van der Waals surface area contributed by atoms with Crippen LogP contribution in [0.15, 0.2) is 48.8 Å². The number of carboxylic acids is 1. The van der Waals surface area contributed by atoms with Gasteiger partial charge >= 0.3 is 5.97 Å². The fourth-order valence-corrected chi connectivity index (χ4v) is 3.30. The Morgan fingerprint density at radius 3 is 2.70 bits per heavy atom. The molecule has 5 heteroatoms. The predicted octanol–water partition coefficient (Wildman–Crippen LogP) is 2.39. The summed E-state index contributed by atoms with van der Waals surface area (Å²) in [5.41, 5.74) is 2.12. The summed E-state index contributed by atoms with van der Waals surface area (Å²) in [4.78, 5) is 17.9. The number of para-hydroxylation sites is 1. The number of likely N-dealkylation sites (tertiary alicyclic amines) is 1. The largest absolute Gasteiger partial charge is 0.496 e. The minimum Gasteiger partial charge on any atom is -0.496 e. The van der Waals surface area contributed by atoms with Crippen LogP contribution < -0.4 is 4.74 Å². The third-order valence-corrected chi connectivity index (χ3v) is 4.41. The zero-order valence-electron chi connectivity index (χ0n) is 13.1. The van der Waals surface area contributed by atoms with Crippen LogP contribution in [-0.2, 0) is 11.3 Å². The first-order valence-corrected chi connectivity index (χ1v) is 7.66. The number of carbonyl (C=O) groups is 1. The molecule has 1 aliphatic rings. The summed E-state index contributed by atoms with van der Waals surface area (Å²) in [7, 11) is 1.62. The molecule has 2 aromatic rings. The Kier molecular flexibility index (Phi) is 4.57. The van der Waals surface area contributed by atoms with Gasteiger partial charge in [-0.2, -0.15) is 0 Å². The second-order valence-electron chi connectivity index (χ2n) is 5.84. The van der Waals surface area contributed by atoms with E-state index in [0.717, 1.165) is 23.4 Å². The molecule has 0 radical (unpaired) electrons. The summed E-state index contributed by atoms with van der Waals surface area (Å²) < 4.78 is 5.42. The van der Waals surface area contributed by atoms with E-state index in [4.69, 9.17) is 4.74 Å². The molecule has 2 heterocycles. The summed E-state index contributed by atoms with van der Waals surface area (Å²) in [6.07, 6.45) is 3.52.